The van der Waals surface area contributed by atoms with Gasteiger partial charge < -0.3 is 39.8 Å². The van der Waals surface area contributed by atoms with Crippen LogP contribution < -0.4 is 21.8 Å². The van der Waals surface area contributed by atoms with Gasteiger partial charge in [-0.1, -0.05) is 45.9 Å². The third-order valence-corrected chi connectivity index (χ3v) is 18.5. The molecule has 8 rings (SSSR count). The molecule has 574 valence electrons. The molecule has 1 saturated heterocycles. The van der Waals surface area contributed by atoms with Crippen molar-refractivity contribution in [3.05, 3.63) is 183 Å². The van der Waals surface area contributed by atoms with Crippen LogP contribution in [0.1, 0.15) is 187 Å². The lowest BCUT2D eigenvalue weighted by molar-refractivity contribution is -0.141. The molecule has 3 heterocycles. The number of alkyl halides is 12. The maximum atomic E-state index is 16.6. The number of carbonyl (C=O) groups is 4. The molecule has 14 nitrogen and oxygen atoms in total. The first kappa shape index (κ1) is 83.7. The highest BCUT2D eigenvalue weighted by atomic mass is 19.4. The summed E-state index contributed by atoms with van der Waals surface area (Å²) in [6.07, 6.45) is -19.4. The number of nitrogens with zero attached hydrogens (tertiary/aromatic N) is 4. The Morgan fingerprint density at radius 2 is 0.914 bits per heavy atom. The molecule has 2 aromatic heterocycles. The van der Waals surface area contributed by atoms with Crippen LogP contribution in [0.2, 0.25) is 0 Å². The van der Waals surface area contributed by atoms with E-state index in [9.17, 15) is 96.1 Å². The van der Waals surface area contributed by atoms with E-state index in [0.717, 1.165) is 41.8 Å². The summed E-state index contributed by atoms with van der Waals surface area (Å²) in [5.41, 5.74) is -12.6. The van der Waals surface area contributed by atoms with Crippen LogP contribution in [-0.2, 0) is 56.7 Å². The fourth-order valence-corrected chi connectivity index (χ4v) is 13.3. The van der Waals surface area contributed by atoms with E-state index < -0.39 is 182 Å². The van der Waals surface area contributed by atoms with Crippen molar-refractivity contribution in [3.63, 3.8) is 0 Å². The molecule has 1 aliphatic carbocycles. The summed E-state index contributed by atoms with van der Waals surface area (Å²) in [6, 6.07) is -2.09. The summed E-state index contributed by atoms with van der Waals surface area (Å²) in [4.78, 5) is 82.0. The number of halogens is 17. The second-order valence-corrected chi connectivity index (χ2v) is 28.0. The lowest BCUT2D eigenvalue weighted by atomic mass is 9.87. The number of hydrogen-bond donors (Lipinski definition) is 4. The van der Waals surface area contributed by atoms with Gasteiger partial charge in [-0.3, -0.25) is 28.8 Å². The zero-order valence-corrected chi connectivity index (χ0v) is 59.2. The van der Waals surface area contributed by atoms with Crippen molar-refractivity contribution in [3.8, 4) is 22.3 Å². The number of carboxylic acids is 2. The van der Waals surface area contributed by atoms with Crippen LogP contribution in [0.5, 0.6) is 0 Å². The Bertz CT molecular complexity index is 4350. The summed E-state index contributed by atoms with van der Waals surface area (Å²) in [6.45, 7) is 15.4. The quantitative estimate of drug-likeness (QED) is 0.0381. The molecule has 0 radical (unpaired) electrons. The van der Waals surface area contributed by atoms with Crippen molar-refractivity contribution in [2.24, 2.45) is 11.8 Å². The van der Waals surface area contributed by atoms with Gasteiger partial charge in [0, 0.05) is 53.3 Å². The van der Waals surface area contributed by atoms with Gasteiger partial charge in [-0.2, -0.15) is 52.7 Å². The summed E-state index contributed by atoms with van der Waals surface area (Å²) in [7, 11) is 3.43. The van der Waals surface area contributed by atoms with Crippen LogP contribution in [-0.4, -0.2) is 93.2 Å². The van der Waals surface area contributed by atoms with Gasteiger partial charge in [0.05, 0.1) is 47.2 Å². The van der Waals surface area contributed by atoms with E-state index in [2.05, 4.69) is 10.6 Å². The molecule has 2 aliphatic rings. The van der Waals surface area contributed by atoms with Crippen molar-refractivity contribution in [2.45, 2.75) is 181 Å². The highest BCUT2D eigenvalue weighted by Crippen LogP contribution is 2.47. The minimum absolute atomic E-state index is 0.0369. The van der Waals surface area contributed by atoms with Crippen LogP contribution in [0.4, 0.5) is 74.6 Å². The minimum atomic E-state index is -5.47. The van der Waals surface area contributed by atoms with Crippen LogP contribution in [0, 0.1) is 75.5 Å². The van der Waals surface area contributed by atoms with Crippen molar-refractivity contribution in [1.29, 1.82) is 0 Å². The number of carboxylic acid groups (broad SMARTS) is 2. The zero-order valence-electron chi connectivity index (χ0n) is 59.2. The standard InChI is InChI=1S/C38H43F8N3O4.C36H38F9N3O4/c1-19(2)12-29(49-18-23(8-7-11-48(5)6)26(16-30(49)50)37(41,42)43)36(53)47-28(17-31(51)52)33-34(39)25(15-27(35(33)40)38(44,45)46)32-20(3)13-24(14-21(32)4)22-9-10-22;1-17(2)11-26(48-16-21(7-10-47-8-6-9-47)23(14-27(48)49)35(40,41)42)34(52)46-25(15-28(50)51)30-32(38)22(13-24(33(30)39)36(43,44)45)29-18(3)12-19(4)31(37)20(29)5/h13-16,18-19,22,28-29H,7-12,17H2,1-6H3,(H,47,53)(H,51,52);12-14,16-17,25-26H,6-11,15H2,1-5H3,(H,46,52)(H,50,51)/t28-,29-;25-,26-/m00/s1. The molecular weight excluding hydrogens is 1420 g/mol. The van der Waals surface area contributed by atoms with E-state index in [4.69, 9.17) is 0 Å². The van der Waals surface area contributed by atoms with E-state index in [-0.39, 0.29) is 89.6 Å². The topological polar surface area (TPSA) is 183 Å². The molecule has 2 amide bonds. The Morgan fingerprint density at radius 1 is 0.524 bits per heavy atom. The SMILES string of the molecule is Cc1cc(C)c(-c2cc(C(F)(F)F)c(F)c([C@H](CC(=O)O)NC(=O)[C@H](CC(C)C)n3cc(CCN4CCC4)c(C(F)(F)F)cc3=O)c2F)c(C)c1F.Cc1cc(C2CC2)cc(C)c1-c1cc(C(F)(F)F)c(F)c([C@H](CC(=O)O)NC(=O)[C@H](CC(C)C)n2cc(CCCN(C)C)c(C(F)(F)F)cc2=O)c1F. The molecule has 1 saturated carbocycles. The first-order valence-corrected chi connectivity index (χ1v) is 33.7. The normalized spacial score (nSPS) is 15.0. The van der Waals surface area contributed by atoms with E-state index in [1.807, 2.05) is 4.90 Å². The van der Waals surface area contributed by atoms with E-state index in [1.165, 1.54) is 26.8 Å². The fourth-order valence-electron chi connectivity index (χ4n) is 13.3. The maximum absolute atomic E-state index is 16.6. The second kappa shape index (κ2) is 33.0. The van der Waals surface area contributed by atoms with Crippen LogP contribution in [0.3, 0.4) is 0 Å². The number of rotatable bonds is 26. The average Bonchev–Trinajstić information content (AvgIpc) is 1.19. The molecule has 31 heteroatoms. The van der Waals surface area contributed by atoms with Gasteiger partial charge in [-0.25, -0.2) is 22.0 Å². The van der Waals surface area contributed by atoms with E-state index in [1.54, 1.807) is 72.7 Å². The molecule has 0 unspecified atom stereocenters. The van der Waals surface area contributed by atoms with Crippen molar-refractivity contribution < 1.29 is 104 Å². The molecule has 6 aromatic rings. The Labute approximate surface area is 593 Å². The van der Waals surface area contributed by atoms with Gasteiger partial charge in [0.15, 0.2) is 0 Å². The molecule has 0 spiro atoms. The van der Waals surface area contributed by atoms with E-state index >= 15 is 17.6 Å². The molecule has 4 aromatic carbocycles. The maximum Gasteiger partial charge on any atom is 0.419 e. The number of aryl methyl sites for hydroxylation is 5. The Hall–Kier alpha value is -8.61. The lowest BCUT2D eigenvalue weighted by Crippen LogP contribution is -2.41. The van der Waals surface area contributed by atoms with Crippen molar-refractivity contribution in [1.82, 2.24) is 29.6 Å². The number of nitrogens with one attached hydrogen (secondary N) is 2. The van der Waals surface area contributed by atoms with Gasteiger partial charge in [0.1, 0.15) is 41.2 Å². The summed E-state index contributed by atoms with van der Waals surface area (Å²) < 4.78 is 251. The lowest BCUT2D eigenvalue weighted by Gasteiger charge is -2.31. The van der Waals surface area contributed by atoms with Crippen LogP contribution in [0.15, 0.2) is 64.4 Å². The molecule has 2 fully saturated rings. The number of aliphatic carboxylic acids is 2. The Kier molecular flexibility index (Phi) is 26.3. The molecule has 1 aliphatic heterocycles. The third kappa shape index (κ3) is 20.1. The fraction of sp³-hybridized carbons (Fsp3) is 0.486. The number of benzene rings is 4. The van der Waals surface area contributed by atoms with Gasteiger partial charge in [-0.05, 0) is 205 Å². The molecule has 4 N–H and O–H groups in total. The average molecular weight is 1510 g/mol. The number of likely N-dealkylation sites (tertiary alicyclic amines) is 1. The predicted molar refractivity (Wildman–Crippen MR) is 356 cm³/mol. The first-order valence-electron chi connectivity index (χ1n) is 33.7. The number of amides is 2. The summed E-state index contributed by atoms with van der Waals surface area (Å²) in [5, 5.41) is 23.7. The summed E-state index contributed by atoms with van der Waals surface area (Å²) in [5.74, 6) is -15.1. The van der Waals surface area contributed by atoms with Crippen molar-refractivity contribution in [2.75, 3.05) is 40.3 Å². The molecule has 105 heavy (non-hydrogen) atoms. The van der Waals surface area contributed by atoms with Crippen molar-refractivity contribution >= 4 is 23.8 Å². The van der Waals surface area contributed by atoms with E-state index in [0.29, 0.717) is 53.5 Å². The first-order chi connectivity index (χ1) is 48.5. The van der Waals surface area contributed by atoms with Gasteiger partial charge in [0.25, 0.3) is 11.1 Å². The summed E-state index contributed by atoms with van der Waals surface area (Å²) >= 11 is 0. The molecule has 4 atom stereocenters. The van der Waals surface area contributed by atoms with Gasteiger partial charge in [-0.15, -0.1) is 0 Å². The number of carbonyl (C=O) groups excluding carboxylic acids is 2. The highest BCUT2D eigenvalue weighted by molar-refractivity contribution is 5.84. The van der Waals surface area contributed by atoms with Gasteiger partial charge in [0.2, 0.25) is 11.8 Å². The monoisotopic (exact) mass is 1500 g/mol. The zero-order chi connectivity index (χ0) is 78.8. The number of aromatic nitrogens is 2. The number of hydrogen-bond acceptors (Lipinski definition) is 8. The van der Waals surface area contributed by atoms with Crippen LogP contribution in [0.25, 0.3) is 22.3 Å². The number of pyridine rings is 2. The highest BCUT2D eigenvalue weighted by Gasteiger charge is 2.44. The molecular formula is C74H81F17N6O8. The Morgan fingerprint density at radius 3 is 1.27 bits per heavy atom. The molecule has 0 bridgehead atoms. The predicted octanol–water partition coefficient (Wildman–Crippen LogP) is 16.8. The second-order valence-electron chi connectivity index (χ2n) is 28.0. The van der Waals surface area contributed by atoms with Gasteiger partial charge >= 0.3 is 36.6 Å². The van der Waals surface area contributed by atoms with Crippen LogP contribution >= 0.6 is 0 Å². The largest absolute Gasteiger partial charge is 0.481 e. The Balaban J connectivity index is 0.000000293. The smallest absolute Gasteiger partial charge is 0.419 e. The minimum Gasteiger partial charge on any atom is -0.481 e. The third-order valence-electron chi connectivity index (χ3n) is 18.5.